The van der Waals surface area contributed by atoms with Crippen molar-refractivity contribution in [3.05, 3.63) is 54.0 Å². The molecule has 3 N–H and O–H groups in total. The van der Waals surface area contributed by atoms with Crippen LogP contribution in [-0.4, -0.2) is 43.2 Å². The third kappa shape index (κ3) is 6.09. The Labute approximate surface area is 184 Å². The Morgan fingerprint density at radius 2 is 1.68 bits per heavy atom. The minimum atomic E-state index is -0.198. The standard InChI is InChI=1S/C24H33FN6/c25-20-7-9-22(10-8-20)30-13-15-31(16-14-30)23-17-19(11-12-27-23)18-28-24(26)29-21-5-3-1-2-4-6-21/h7-12,17,21H,1-6,13-16,18H2,(H3,26,28,29). The Morgan fingerprint density at radius 3 is 2.39 bits per heavy atom. The number of nitrogens with one attached hydrogen (secondary N) is 1. The Hall–Kier alpha value is -2.83. The summed E-state index contributed by atoms with van der Waals surface area (Å²) in [5, 5.41) is 3.40. The first-order chi connectivity index (χ1) is 15.2. The van der Waals surface area contributed by atoms with Crippen molar-refractivity contribution in [3.63, 3.8) is 0 Å². The molecule has 1 saturated heterocycles. The molecule has 166 valence electrons. The summed E-state index contributed by atoms with van der Waals surface area (Å²) >= 11 is 0. The van der Waals surface area contributed by atoms with Gasteiger partial charge < -0.3 is 20.9 Å². The highest BCUT2D eigenvalue weighted by Crippen LogP contribution is 2.21. The highest BCUT2D eigenvalue weighted by atomic mass is 19.1. The van der Waals surface area contributed by atoms with Gasteiger partial charge in [0.2, 0.25) is 0 Å². The molecular weight excluding hydrogens is 391 g/mol. The van der Waals surface area contributed by atoms with Gasteiger partial charge in [0, 0.05) is 44.1 Å². The molecule has 2 heterocycles. The summed E-state index contributed by atoms with van der Waals surface area (Å²) in [6, 6.07) is 11.3. The van der Waals surface area contributed by atoms with Crippen LogP contribution in [0.3, 0.4) is 0 Å². The Morgan fingerprint density at radius 1 is 1.00 bits per heavy atom. The second kappa shape index (κ2) is 10.5. The summed E-state index contributed by atoms with van der Waals surface area (Å²) in [6.07, 6.45) is 9.40. The predicted octanol–water partition coefficient (Wildman–Crippen LogP) is 3.67. The zero-order chi connectivity index (χ0) is 21.5. The van der Waals surface area contributed by atoms with Gasteiger partial charge in [0.1, 0.15) is 11.6 Å². The summed E-state index contributed by atoms with van der Waals surface area (Å²) < 4.78 is 13.2. The Kier molecular flexibility index (Phi) is 7.22. The van der Waals surface area contributed by atoms with Crippen LogP contribution >= 0.6 is 0 Å². The van der Waals surface area contributed by atoms with Crippen molar-refractivity contribution in [2.75, 3.05) is 36.0 Å². The molecule has 0 spiro atoms. The minimum absolute atomic E-state index is 0.198. The molecule has 1 aromatic heterocycles. The molecule has 1 aliphatic heterocycles. The third-order valence-corrected chi connectivity index (χ3v) is 6.24. The van der Waals surface area contributed by atoms with Crippen LogP contribution in [0.1, 0.15) is 44.1 Å². The number of hydrogen-bond acceptors (Lipinski definition) is 4. The van der Waals surface area contributed by atoms with Crippen LogP contribution in [0, 0.1) is 5.82 Å². The molecule has 2 aliphatic rings. The number of benzene rings is 1. The van der Waals surface area contributed by atoms with Gasteiger partial charge in [0.25, 0.3) is 0 Å². The normalized spacial score (nSPS) is 18.7. The largest absolute Gasteiger partial charge is 0.370 e. The topological polar surface area (TPSA) is 69.8 Å². The van der Waals surface area contributed by atoms with E-state index in [9.17, 15) is 4.39 Å². The number of guanidine groups is 1. The van der Waals surface area contributed by atoms with E-state index in [0.29, 0.717) is 18.5 Å². The van der Waals surface area contributed by atoms with Gasteiger partial charge in [-0.05, 0) is 54.8 Å². The third-order valence-electron chi connectivity index (χ3n) is 6.24. The Balaban J connectivity index is 1.30. The lowest BCUT2D eigenvalue weighted by Gasteiger charge is -2.36. The van der Waals surface area contributed by atoms with Gasteiger partial charge in [0.05, 0.1) is 6.54 Å². The molecule has 1 aromatic carbocycles. The first-order valence-corrected chi connectivity index (χ1v) is 11.4. The lowest BCUT2D eigenvalue weighted by Crippen LogP contribution is -2.46. The van der Waals surface area contributed by atoms with Crippen molar-refractivity contribution < 1.29 is 4.39 Å². The quantitative estimate of drug-likeness (QED) is 0.435. The van der Waals surface area contributed by atoms with Crippen LogP contribution in [0.5, 0.6) is 0 Å². The van der Waals surface area contributed by atoms with Gasteiger partial charge >= 0.3 is 0 Å². The zero-order valence-electron chi connectivity index (χ0n) is 18.1. The highest BCUT2D eigenvalue weighted by molar-refractivity contribution is 5.78. The maximum atomic E-state index is 13.2. The molecule has 0 amide bonds. The van der Waals surface area contributed by atoms with Crippen LogP contribution in [0.2, 0.25) is 0 Å². The van der Waals surface area contributed by atoms with Gasteiger partial charge in [0.15, 0.2) is 5.96 Å². The summed E-state index contributed by atoms with van der Waals surface area (Å²) in [6.45, 7) is 4.07. The summed E-state index contributed by atoms with van der Waals surface area (Å²) in [7, 11) is 0. The molecule has 0 radical (unpaired) electrons. The number of pyridine rings is 1. The highest BCUT2D eigenvalue weighted by Gasteiger charge is 2.18. The predicted molar refractivity (Wildman–Crippen MR) is 125 cm³/mol. The van der Waals surface area contributed by atoms with E-state index < -0.39 is 0 Å². The van der Waals surface area contributed by atoms with Crippen LogP contribution < -0.4 is 20.9 Å². The number of aromatic nitrogens is 1. The van der Waals surface area contributed by atoms with Crippen LogP contribution in [-0.2, 0) is 6.54 Å². The van der Waals surface area contributed by atoms with Gasteiger partial charge in [-0.3, -0.25) is 0 Å². The van der Waals surface area contributed by atoms with Gasteiger partial charge in [-0.15, -0.1) is 0 Å². The number of piperazine rings is 1. The molecule has 0 unspecified atom stereocenters. The minimum Gasteiger partial charge on any atom is -0.370 e. The van der Waals surface area contributed by atoms with E-state index in [0.717, 1.165) is 43.2 Å². The average molecular weight is 425 g/mol. The second-order valence-corrected chi connectivity index (χ2v) is 8.51. The average Bonchev–Trinajstić information content (AvgIpc) is 3.07. The lowest BCUT2D eigenvalue weighted by atomic mass is 10.1. The van der Waals surface area contributed by atoms with Crippen molar-refractivity contribution in [2.45, 2.75) is 51.1 Å². The van der Waals surface area contributed by atoms with E-state index in [-0.39, 0.29) is 5.82 Å². The number of nitrogens with two attached hydrogens (primary N) is 1. The smallest absolute Gasteiger partial charge is 0.189 e. The fourth-order valence-electron chi connectivity index (χ4n) is 4.43. The molecule has 4 rings (SSSR count). The number of halogens is 1. The van der Waals surface area contributed by atoms with Crippen molar-refractivity contribution in [1.82, 2.24) is 10.3 Å². The van der Waals surface area contributed by atoms with Gasteiger partial charge in [-0.2, -0.15) is 0 Å². The molecule has 6 nitrogen and oxygen atoms in total. The first kappa shape index (κ1) is 21.4. The molecular formula is C24H33FN6. The van der Waals surface area contributed by atoms with Crippen LogP contribution in [0.4, 0.5) is 15.9 Å². The van der Waals surface area contributed by atoms with Crippen molar-refractivity contribution in [3.8, 4) is 0 Å². The fraction of sp³-hybridized carbons (Fsp3) is 0.500. The number of hydrogen-bond donors (Lipinski definition) is 2. The summed E-state index contributed by atoms with van der Waals surface area (Å²) in [5.74, 6) is 1.32. The SMILES string of the molecule is NC(=NCc1ccnc(N2CCN(c3ccc(F)cc3)CC2)c1)NC1CCCCCC1. The molecule has 7 heteroatoms. The van der Waals surface area contributed by atoms with E-state index in [4.69, 9.17) is 5.73 Å². The van der Waals surface area contributed by atoms with Crippen LogP contribution in [0.25, 0.3) is 0 Å². The molecule has 1 aliphatic carbocycles. The second-order valence-electron chi connectivity index (χ2n) is 8.51. The molecule has 0 bridgehead atoms. The molecule has 0 atom stereocenters. The van der Waals surface area contributed by atoms with E-state index in [2.05, 4.69) is 31.2 Å². The monoisotopic (exact) mass is 424 g/mol. The fourth-order valence-corrected chi connectivity index (χ4v) is 4.43. The van der Waals surface area contributed by atoms with Crippen molar-refractivity contribution in [2.24, 2.45) is 10.7 Å². The summed E-state index contributed by atoms with van der Waals surface area (Å²) in [5.41, 5.74) is 8.32. The first-order valence-electron chi connectivity index (χ1n) is 11.4. The molecule has 31 heavy (non-hydrogen) atoms. The Bertz CT molecular complexity index is 853. The van der Waals surface area contributed by atoms with E-state index >= 15 is 0 Å². The maximum Gasteiger partial charge on any atom is 0.189 e. The van der Waals surface area contributed by atoms with E-state index in [1.54, 1.807) is 0 Å². The van der Waals surface area contributed by atoms with Crippen molar-refractivity contribution in [1.29, 1.82) is 0 Å². The molecule has 1 saturated carbocycles. The van der Waals surface area contributed by atoms with E-state index in [1.165, 1.54) is 50.7 Å². The number of nitrogens with zero attached hydrogens (tertiary/aromatic N) is 4. The molecule has 2 aromatic rings. The van der Waals surface area contributed by atoms with E-state index in [1.807, 2.05) is 24.4 Å². The van der Waals surface area contributed by atoms with Gasteiger partial charge in [-0.1, -0.05) is 25.7 Å². The van der Waals surface area contributed by atoms with Crippen LogP contribution in [0.15, 0.2) is 47.6 Å². The lowest BCUT2D eigenvalue weighted by molar-refractivity contribution is 0.530. The molecule has 2 fully saturated rings. The summed E-state index contributed by atoms with van der Waals surface area (Å²) in [4.78, 5) is 13.7. The van der Waals surface area contributed by atoms with Gasteiger partial charge in [-0.25, -0.2) is 14.4 Å². The van der Waals surface area contributed by atoms with Crippen molar-refractivity contribution >= 4 is 17.5 Å². The number of rotatable bonds is 5. The zero-order valence-corrected chi connectivity index (χ0v) is 18.1. The number of anilines is 2. The number of aliphatic imine (C=N–C) groups is 1. The maximum absolute atomic E-state index is 13.2.